The van der Waals surface area contributed by atoms with Crippen molar-refractivity contribution in [3.05, 3.63) is 23.3 Å². The van der Waals surface area contributed by atoms with Crippen LogP contribution < -0.4 is 5.32 Å². The molecule has 0 radical (unpaired) electrons. The fourth-order valence-electron chi connectivity index (χ4n) is 2.60. The van der Waals surface area contributed by atoms with Crippen LogP contribution in [0.25, 0.3) is 0 Å². The van der Waals surface area contributed by atoms with Gasteiger partial charge in [0.1, 0.15) is 5.82 Å². The predicted octanol–water partition coefficient (Wildman–Crippen LogP) is 3.09. The second kappa shape index (κ2) is 6.47. The van der Waals surface area contributed by atoms with E-state index in [9.17, 15) is 0 Å². The topological polar surface area (TPSA) is 37.8 Å². The van der Waals surface area contributed by atoms with Gasteiger partial charge in [-0.1, -0.05) is 27.7 Å². The number of rotatable bonds is 5. The molecular formula is C16H27N3. The van der Waals surface area contributed by atoms with E-state index in [-0.39, 0.29) is 0 Å². The summed E-state index contributed by atoms with van der Waals surface area (Å²) in [5.41, 5.74) is 2.67. The van der Waals surface area contributed by atoms with Gasteiger partial charge in [0.25, 0.3) is 0 Å². The summed E-state index contributed by atoms with van der Waals surface area (Å²) >= 11 is 0. The van der Waals surface area contributed by atoms with Crippen molar-refractivity contribution < 1.29 is 0 Å². The van der Waals surface area contributed by atoms with E-state index in [1.54, 1.807) is 0 Å². The average Bonchev–Trinajstić information content (AvgIpc) is 2.43. The van der Waals surface area contributed by atoms with Crippen molar-refractivity contribution in [3.63, 3.8) is 0 Å². The third kappa shape index (κ3) is 3.75. The molecule has 0 bridgehead atoms. The van der Waals surface area contributed by atoms with Crippen molar-refractivity contribution in [3.8, 4) is 0 Å². The van der Waals surface area contributed by atoms with Crippen LogP contribution in [0, 0.1) is 5.92 Å². The van der Waals surface area contributed by atoms with Crippen molar-refractivity contribution in [2.45, 2.75) is 65.3 Å². The van der Waals surface area contributed by atoms with Crippen LogP contribution in [-0.4, -0.2) is 22.6 Å². The van der Waals surface area contributed by atoms with Gasteiger partial charge >= 0.3 is 0 Å². The maximum Gasteiger partial charge on any atom is 0.131 e. The van der Waals surface area contributed by atoms with Crippen LogP contribution in [0.5, 0.6) is 0 Å². The number of aromatic nitrogens is 2. The zero-order chi connectivity index (χ0) is 13.8. The number of hydrogen-bond acceptors (Lipinski definition) is 3. The highest BCUT2D eigenvalue weighted by Crippen LogP contribution is 2.25. The molecule has 1 aromatic rings. The van der Waals surface area contributed by atoms with Crippen LogP contribution in [0.15, 0.2) is 6.20 Å². The zero-order valence-corrected chi connectivity index (χ0v) is 12.7. The largest absolute Gasteiger partial charge is 0.314 e. The first-order chi connectivity index (χ1) is 9.10. The van der Waals surface area contributed by atoms with E-state index in [0.29, 0.717) is 12.0 Å². The van der Waals surface area contributed by atoms with Crippen molar-refractivity contribution in [1.82, 2.24) is 15.3 Å². The maximum atomic E-state index is 4.78. The molecule has 0 spiro atoms. The van der Waals surface area contributed by atoms with Crippen LogP contribution in [0.3, 0.4) is 0 Å². The van der Waals surface area contributed by atoms with E-state index in [2.05, 4.69) is 44.2 Å². The van der Waals surface area contributed by atoms with Gasteiger partial charge in [-0.2, -0.15) is 0 Å². The molecule has 1 aliphatic carbocycles. The smallest absolute Gasteiger partial charge is 0.131 e. The highest BCUT2D eigenvalue weighted by molar-refractivity contribution is 5.22. The monoisotopic (exact) mass is 261 g/mol. The van der Waals surface area contributed by atoms with Gasteiger partial charge in [-0.05, 0) is 43.7 Å². The molecule has 0 amide bonds. The first-order valence-corrected chi connectivity index (χ1v) is 7.68. The molecule has 0 saturated carbocycles. The minimum Gasteiger partial charge on any atom is -0.314 e. The fourth-order valence-corrected chi connectivity index (χ4v) is 2.60. The number of fused-ring (bicyclic) bond motifs is 1. The Bertz CT molecular complexity index is 414. The van der Waals surface area contributed by atoms with E-state index >= 15 is 0 Å². The van der Waals surface area contributed by atoms with Gasteiger partial charge in [-0.15, -0.1) is 0 Å². The molecule has 0 aromatic carbocycles. The first-order valence-electron chi connectivity index (χ1n) is 7.68. The minimum absolute atomic E-state index is 0.477. The van der Waals surface area contributed by atoms with Crippen LogP contribution in [0.1, 0.15) is 63.5 Å². The van der Waals surface area contributed by atoms with Crippen molar-refractivity contribution in [2.75, 3.05) is 6.54 Å². The summed E-state index contributed by atoms with van der Waals surface area (Å²) in [4.78, 5) is 9.34. The molecule has 2 rings (SSSR count). The van der Waals surface area contributed by atoms with Gasteiger partial charge in [0, 0.05) is 23.9 Å². The van der Waals surface area contributed by atoms with Gasteiger partial charge in [0.15, 0.2) is 0 Å². The zero-order valence-electron chi connectivity index (χ0n) is 12.7. The van der Waals surface area contributed by atoms with Crippen molar-refractivity contribution >= 4 is 0 Å². The Morgan fingerprint density at radius 3 is 2.84 bits per heavy atom. The molecule has 2 unspecified atom stereocenters. The quantitative estimate of drug-likeness (QED) is 0.885. The molecule has 1 aromatic heterocycles. The second-order valence-corrected chi connectivity index (χ2v) is 6.18. The minimum atomic E-state index is 0.477. The van der Waals surface area contributed by atoms with Crippen LogP contribution in [0.2, 0.25) is 0 Å². The molecule has 0 aliphatic heterocycles. The Balaban J connectivity index is 2.02. The Hall–Kier alpha value is -0.960. The van der Waals surface area contributed by atoms with E-state index in [4.69, 9.17) is 4.98 Å². The van der Waals surface area contributed by atoms with E-state index in [1.807, 2.05) is 0 Å². The highest BCUT2D eigenvalue weighted by Gasteiger charge is 2.21. The average molecular weight is 261 g/mol. The molecule has 1 heterocycles. The Kier molecular flexibility index (Phi) is 4.92. The van der Waals surface area contributed by atoms with Gasteiger partial charge in [0.2, 0.25) is 0 Å². The SMILES string of the molecule is CCC(C)c1ncc2c(n1)CCC(CNC(C)C)C2. The Labute approximate surface area is 117 Å². The van der Waals surface area contributed by atoms with Gasteiger partial charge in [-0.25, -0.2) is 9.97 Å². The lowest BCUT2D eigenvalue weighted by molar-refractivity contribution is 0.401. The van der Waals surface area contributed by atoms with Crippen molar-refractivity contribution in [2.24, 2.45) is 5.92 Å². The molecule has 19 heavy (non-hydrogen) atoms. The van der Waals surface area contributed by atoms with Crippen LogP contribution in [0.4, 0.5) is 0 Å². The summed E-state index contributed by atoms with van der Waals surface area (Å²) in [5, 5.41) is 3.54. The predicted molar refractivity (Wildman–Crippen MR) is 79.4 cm³/mol. The number of nitrogens with zero attached hydrogens (tertiary/aromatic N) is 2. The molecule has 1 N–H and O–H groups in total. The summed E-state index contributed by atoms with van der Waals surface area (Å²) in [6, 6.07) is 0.574. The Morgan fingerprint density at radius 2 is 2.16 bits per heavy atom. The Morgan fingerprint density at radius 1 is 1.37 bits per heavy atom. The maximum absolute atomic E-state index is 4.78. The van der Waals surface area contributed by atoms with E-state index in [0.717, 1.165) is 37.5 Å². The second-order valence-electron chi connectivity index (χ2n) is 6.18. The van der Waals surface area contributed by atoms with Gasteiger partial charge in [0.05, 0.1) is 0 Å². The molecule has 2 atom stereocenters. The van der Waals surface area contributed by atoms with Gasteiger partial charge < -0.3 is 5.32 Å². The summed E-state index contributed by atoms with van der Waals surface area (Å²) < 4.78 is 0. The lowest BCUT2D eigenvalue weighted by atomic mass is 9.87. The van der Waals surface area contributed by atoms with Crippen molar-refractivity contribution in [1.29, 1.82) is 0 Å². The lowest BCUT2D eigenvalue weighted by Crippen LogP contribution is -2.32. The van der Waals surface area contributed by atoms with Gasteiger partial charge in [-0.3, -0.25) is 0 Å². The normalized spacial score (nSPS) is 20.4. The number of aryl methyl sites for hydroxylation is 1. The third-order valence-corrected chi connectivity index (χ3v) is 4.14. The van der Waals surface area contributed by atoms with Crippen LogP contribution >= 0.6 is 0 Å². The van der Waals surface area contributed by atoms with Crippen LogP contribution in [-0.2, 0) is 12.8 Å². The highest BCUT2D eigenvalue weighted by atomic mass is 14.9. The molecular weight excluding hydrogens is 234 g/mol. The first kappa shape index (κ1) is 14.4. The lowest BCUT2D eigenvalue weighted by Gasteiger charge is -2.25. The number of nitrogens with one attached hydrogen (secondary N) is 1. The van der Waals surface area contributed by atoms with E-state index < -0.39 is 0 Å². The molecule has 0 saturated heterocycles. The standard InChI is InChI=1S/C16H27N3/c1-5-12(4)16-18-10-14-8-13(9-17-11(2)3)6-7-15(14)19-16/h10-13,17H,5-9H2,1-4H3. The molecule has 0 fully saturated rings. The summed E-state index contributed by atoms with van der Waals surface area (Å²) in [5.74, 6) is 2.25. The molecule has 3 heteroatoms. The fraction of sp³-hybridized carbons (Fsp3) is 0.750. The molecule has 3 nitrogen and oxygen atoms in total. The molecule has 1 aliphatic rings. The number of hydrogen-bond donors (Lipinski definition) is 1. The summed E-state index contributed by atoms with van der Waals surface area (Å²) in [7, 11) is 0. The van der Waals surface area contributed by atoms with E-state index in [1.165, 1.54) is 17.7 Å². The third-order valence-electron chi connectivity index (χ3n) is 4.14. The molecule has 106 valence electrons. The summed E-state index contributed by atoms with van der Waals surface area (Å²) in [6.45, 7) is 9.93. The summed E-state index contributed by atoms with van der Waals surface area (Å²) in [6.07, 6.45) is 6.69.